The van der Waals surface area contributed by atoms with Crippen LogP contribution in [0.5, 0.6) is 17.2 Å². The van der Waals surface area contributed by atoms with Gasteiger partial charge in [0.1, 0.15) is 0 Å². The van der Waals surface area contributed by atoms with Crippen molar-refractivity contribution < 1.29 is 27.4 Å². The lowest BCUT2D eigenvalue weighted by Gasteiger charge is -2.17. The number of ether oxygens (including phenoxy) is 3. The summed E-state index contributed by atoms with van der Waals surface area (Å²) in [6.45, 7) is 0.734. The van der Waals surface area contributed by atoms with Crippen LogP contribution >= 0.6 is 24.0 Å². The fourth-order valence-corrected chi connectivity index (χ4v) is 2.94. The lowest BCUT2D eigenvalue weighted by molar-refractivity contribution is -0.137. The van der Waals surface area contributed by atoms with Gasteiger partial charge in [-0.15, -0.1) is 24.0 Å². The van der Waals surface area contributed by atoms with Gasteiger partial charge in [0.25, 0.3) is 0 Å². The quantitative estimate of drug-likeness (QED) is 0.291. The minimum absolute atomic E-state index is 0. The molecule has 0 aliphatic rings. The zero-order valence-corrected chi connectivity index (χ0v) is 20.1. The predicted molar refractivity (Wildman–Crippen MR) is 125 cm³/mol. The monoisotopic (exact) mass is 553 g/mol. The first-order chi connectivity index (χ1) is 14.3. The van der Waals surface area contributed by atoms with E-state index >= 15 is 0 Å². The highest BCUT2D eigenvalue weighted by molar-refractivity contribution is 14.0. The lowest BCUT2D eigenvalue weighted by atomic mass is 10.1. The minimum atomic E-state index is -4.37. The van der Waals surface area contributed by atoms with Gasteiger partial charge >= 0.3 is 6.18 Å². The number of hydrogen-bond acceptors (Lipinski definition) is 4. The Morgan fingerprint density at radius 2 is 1.68 bits per heavy atom. The molecule has 0 heterocycles. The number of aliphatic imine (C=N–C) groups is 1. The smallest absolute Gasteiger partial charge is 0.416 e. The number of benzene rings is 2. The average Bonchev–Trinajstić information content (AvgIpc) is 2.74. The maximum Gasteiger partial charge on any atom is 0.416 e. The van der Waals surface area contributed by atoms with E-state index in [2.05, 4.69) is 15.6 Å². The molecule has 0 atom stereocenters. The molecule has 0 aromatic heterocycles. The normalized spacial score (nSPS) is 11.4. The summed E-state index contributed by atoms with van der Waals surface area (Å²) in [6, 6.07) is 8.88. The Morgan fingerprint density at radius 1 is 0.968 bits per heavy atom. The van der Waals surface area contributed by atoms with Gasteiger partial charge in [0, 0.05) is 25.7 Å². The van der Waals surface area contributed by atoms with Crippen LogP contribution in [0, 0.1) is 0 Å². The fourth-order valence-electron chi connectivity index (χ4n) is 2.94. The molecule has 0 saturated carbocycles. The number of methoxy groups -OCH3 is 3. The molecule has 0 fully saturated rings. The number of nitrogens with one attached hydrogen (secondary N) is 2. The van der Waals surface area contributed by atoms with Crippen LogP contribution in [0.15, 0.2) is 41.4 Å². The van der Waals surface area contributed by atoms with Crippen molar-refractivity contribution in [3.63, 3.8) is 0 Å². The highest BCUT2D eigenvalue weighted by atomic mass is 127. The summed E-state index contributed by atoms with van der Waals surface area (Å²) in [5, 5.41) is 6.16. The van der Waals surface area contributed by atoms with Crippen LogP contribution < -0.4 is 24.8 Å². The Bertz CT molecular complexity index is 877. The summed E-state index contributed by atoms with van der Waals surface area (Å²) >= 11 is 0. The van der Waals surface area contributed by atoms with E-state index in [1.165, 1.54) is 6.07 Å². The van der Waals surface area contributed by atoms with Crippen molar-refractivity contribution in [1.29, 1.82) is 0 Å². The first-order valence-corrected chi connectivity index (χ1v) is 9.22. The molecule has 2 N–H and O–H groups in total. The van der Waals surface area contributed by atoms with Crippen LogP contribution in [0.1, 0.15) is 16.7 Å². The van der Waals surface area contributed by atoms with Crippen molar-refractivity contribution in [1.82, 2.24) is 10.6 Å². The number of nitrogens with zero attached hydrogens (tertiary/aromatic N) is 1. The molecule has 10 heteroatoms. The molecule has 0 bridgehead atoms. The van der Waals surface area contributed by atoms with Gasteiger partial charge in [-0.2, -0.15) is 13.2 Å². The molecule has 0 unspecified atom stereocenters. The van der Waals surface area contributed by atoms with E-state index in [1.807, 2.05) is 6.07 Å². The van der Waals surface area contributed by atoms with Gasteiger partial charge in [-0.1, -0.05) is 18.2 Å². The Kier molecular flexibility index (Phi) is 10.7. The summed E-state index contributed by atoms with van der Waals surface area (Å²) in [7, 11) is 6.25. The highest BCUT2D eigenvalue weighted by Crippen LogP contribution is 2.39. The summed E-state index contributed by atoms with van der Waals surface area (Å²) in [4.78, 5) is 4.11. The van der Waals surface area contributed by atoms with E-state index in [9.17, 15) is 13.2 Å². The molecule has 2 aromatic rings. The standard InChI is InChI=1S/C21H26F3N3O3.HI/c1-25-20(27-13-14-6-5-7-16(12-14)21(22,23)24)26-11-10-15-8-9-17(28-2)19(30-4)18(15)29-3;/h5-9,12H,10-11,13H2,1-4H3,(H2,25,26,27);1H. The number of hydrogen-bond donors (Lipinski definition) is 2. The van der Waals surface area contributed by atoms with Crippen LogP contribution in [0.25, 0.3) is 0 Å². The number of rotatable bonds is 8. The highest BCUT2D eigenvalue weighted by Gasteiger charge is 2.30. The summed E-state index contributed by atoms with van der Waals surface area (Å²) in [6.07, 6.45) is -3.76. The molecule has 172 valence electrons. The fraction of sp³-hybridized carbons (Fsp3) is 0.381. The summed E-state index contributed by atoms with van der Waals surface area (Å²) in [5.41, 5.74) is 0.746. The number of alkyl halides is 3. The Labute approximate surface area is 197 Å². The van der Waals surface area contributed by atoms with Gasteiger partial charge in [0.05, 0.1) is 26.9 Å². The Morgan fingerprint density at radius 3 is 2.26 bits per heavy atom. The molecule has 2 rings (SSSR count). The minimum Gasteiger partial charge on any atom is -0.493 e. The molecule has 0 spiro atoms. The molecule has 0 saturated heterocycles. The van der Waals surface area contributed by atoms with Crippen LogP contribution in [0.2, 0.25) is 0 Å². The van der Waals surface area contributed by atoms with Crippen molar-refractivity contribution in [2.24, 2.45) is 4.99 Å². The van der Waals surface area contributed by atoms with E-state index < -0.39 is 11.7 Å². The Balaban J connectivity index is 0.00000480. The molecular formula is C21H27F3IN3O3. The first-order valence-electron chi connectivity index (χ1n) is 9.22. The predicted octanol–water partition coefficient (Wildman–Crippen LogP) is 4.26. The number of halogens is 4. The molecule has 0 amide bonds. The van der Waals surface area contributed by atoms with Crippen molar-refractivity contribution in [2.75, 3.05) is 34.9 Å². The first kappa shape index (κ1) is 26.7. The molecule has 31 heavy (non-hydrogen) atoms. The van der Waals surface area contributed by atoms with Crippen molar-refractivity contribution >= 4 is 29.9 Å². The SMILES string of the molecule is CN=C(NCCc1ccc(OC)c(OC)c1OC)NCc1cccc(C(F)(F)F)c1.I. The van der Waals surface area contributed by atoms with Crippen molar-refractivity contribution in [3.8, 4) is 17.2 Å². The second kappa shape index (κ2) is 12.5. The maximum atomic E-state index is 12.8. The third-order valence-corrected chi connectivity index (χ3v) is 4.41. The topological polar surface area (TPSA) is 64.1 Å². The molecule has 6 nitrogen and oxygen atoms in total. The van der Waals surface area contributed by atoms with Gasteiger partial charge in [-0.05, 0) is 30.2 Å². The van der Waals surface area contributed by atoms with Gasteiger partial charge < -0.3 is 24.8 Å². The molecular weight excluding hydrogens is 526 g/mol. The third kappa shape index (κ3) is 7.37. The maximum absolute atomic E-state index is 12.8. The second-order valence-corrected chi connectivity index (χ2v) is 6.29. The van der Waals surface area contributed by atoms with E-state index in [-0.39, 0.29) is 30.5 Å². The summed E-state index contributed by atoms with van der Waals surface area (Å²) < 4.78 is 54.6. The summed E-state index contributed by atoms with van der Waals surface area (Å²) in [5.74, 6) is 2.16. The molecule has 0 aliphatic heterocycles. The van der Waals surface area contributed by atoms with Gasteiger partial charge in [-0.25, -0.2) is 0 Å². The zero-order chi connectivity index (χ0) is 22.1. The second-order valence-electron chi connectivity index (χ2n) is 6.29. The van der Waals surface area contributed by atoms with E-state index in [1.54, 1.807) is 40.5 Å². The molecule has 2 aromatic carbocycles. The van der Waals surface area contributed by atoms with Gasteiger partial charge in [0.15, 0.2) is 17.5 Å². The largest absolute Gasteiger partial charge is 0.493 e. The van der Waals surface area contributed by atoms with Crippen molar-refractivity contribution in [2.45, 2.75) is 19.1 Å². The van der Waals surface area contributed by atoms with Crippen molar-refractivity contribution in [3.05, 3.63) is 53.1 Å². The zero-order valence-electron chi connectivity index (χ0n) is 17.8. The van der Waals surface area contributed by atoms with Crippen LogP contribution in [-0.2, 0) is 19.1 Å². The van der Waals surface area contributed by atoms with E-state index in [0.717, 1.165) is 17.7 Å². The van der Waals surface area contributed by atoms with Crippen LogP contribution in [0.4, 0.5) is 13.2 Å². The van der Waals surface area contributed by atoms with Crippen LogP contribution in [0.3, 0.4) is 0 Å². The molecule has 0 radical (unpaired) electrons. The van der Waals surface area contributed by atoms with Gasteiger partial charge in [-0.3, -0.25) is 4.99 Å². The average molecular weight is 553 g/mol. The van der Waals surface area contributed by atoms with E-state index in [4.69, 9.17) is 14.2 Å². The Hall–Kier alpha value is -2.37. The third-order valence-electron chi connectivity index (χ3n) is 4.41. The lowest BCUT2D eigenvalue weighted by Crippen LogP contribution is -2.37. The van der Waals surface area contributed by atoms with Gasteiger partial charge in [0.2, 0.25) is 5.75 Å². The van der Waals surface area contributed by atoms with E-state index in [0.29, 0.717) is 41.7 Å². The van der Waals surface area contributed by atoms with Crippen LogP contribution in [-0.4, -0.2) is 40.9 Å². The molecule has 0 aliphatic carbocycles. The number of guanidine groups is 1.